The second kappa shape index (κ2) is 8.74. The van der Waals surface area contributed by atoms with E-state index in [0.717, 1.165) is 11.1 Å². The average molecular weight is 499 g/mol. The van der Waals surface area contributed by atoms with Gasteiger partial charge in [0.15, 0.2) is 17.0 Å². The maximum Gasteiger partial charge on any atom is 0.331 e. The highest BCUT2D eigenvalue weighted by Crippen LogP contribution is 2.54. The standard InChI is InChI=1S/C29H26N2O6/c1-17-8-6-7-11-20(17)25-23-24(29(30-25,28(34)35-2)18-9-4-3-5-10-18)27(33)31(26(23)32)19-12-13-21-22(16-19)37-15-14-36-21/h3-13,16,23-25,30H,14-15H2,1-2H3/t23-,24-,25-,29-/m1/s1. The SMILES string of the molecule is COC(=O)[C@]1(c2ccccc2)N[C@H](c2ccccc2C)[C@@H]2C(=O)N(c3ccc4c(c3)OCCO4)C(=O)[C@@H]21. The van der Waals surface area contributed by atoms with Crippen LogP contribution in [0.1, 0.15) is 22.7 Å². The molecule has 4 atom stereocenters. The van der Waals surface area contributed by atoms with Gasteiger partial charge in [0.05, 0.1) is 24.6 Å². The predicted molar refractivity (Wildman–Crippen MR) is 134 cm³/mol. The number of nitrogens with one attached hydrogen (secondary N) is 1. The number of carbonyl (C=O) groups is 3. The lowest BCUT2D eigenvalue weighted by atomic mass is 9.75. The highest BCUT2D eigenvalue weighted by Gasteiger charge is 2.69. The van der Waals surface area contributed by atoms with Gasteiger partial charge in [0.1, 0.15) is 13.2 Å². The number of methoxy groups -OCH3 is 1. The zero-order valence-electron chi connectivity index (χ0n) is 20.5. The number of ether oxygens (including phenoxy) is 3. The number of nitrogens with zero attached hydrogens (tertiary/aromatic N) is 1. The molecule has 0 saturated carbocycles. The highest BCUT2D eigenvalue weighted by atomic mass is 16.6. The molecule has 0 bridgehead atoms. The fraction of sp³-hybridized carbons (Fsp3) is 0.276. The predicted octanol–water partition coefficient (Wildman–Crippen LogP) is 3.28. The minimum Gasteiger partial charge on any atom is -0.486 e. The summed E-state index contributed by atoms with van der Waals surface area (Å²) >= 11 is 0. The topological polar surface area (TPSA) is 94.2 Å². The largest absolute Gasteiger partial charge is 0.486 e. The zero-order chi connectivity index (χ0) is 25.7. The van der Waals surface area contributed by atoms with Gasteiger partial charge in [-0.05, 0) is 35.7 Å². The van der Waals surface area contributed by atoms with Gasteiger partial charge in [-0.3, -0.25) is 14.9 Å². The van der Waals surface area contributed by atoms with Crippen molar-refractivity contribution in [3.05, 3.63) is 89.5 Å². The van der Waals surface area contributed by atoms with Crippen LogP contribution in [0.3, 0.4) is 0 Å². The van der Waals surface area contributed by atoms with Crippen molar-refractivity contribution in [3.63, 3.8) is 0 Å². The maximum atomic E-state index is 14.2. The summed E-state index contributed by atoms with van der Waals surface area (Å²) in [5, 5.41) is 3.43. The van der Waals surface area contributed by atoms with Crippen LogP contribution in [-0.2, 0) is 24.7 Å². The molecule has 0 aromatic heterocycles. The number of hydrogen-bond donors (Lipinski definition) is 1. The van der Waals surface area contributed by atoms with Crippen molar-refractivity contribution in [2.75, 3.05) is 25.2 Å². The van der Waals surface area contributed by atoms with Gasteiger partial charge in [0, 0.05) is 12.1 Å². The summed E-state index contributed by atoms with van der Waals surface area (Å²) < 4.78 is 16.6. The van der Waals surface area contributed by atoms with E-state index < -0.39 is 35.3 Å². The van der Waals surface area contributed by atoms with Crippen LogP contribution < -0.4 is 19.7 Å². The first-order valence-electron chi connectivity index (χ1n) is 12.2. The van der Waals surface area contributed by atoms with Crippen LogP contribution in [0.15, 0.2) is 72.8 Å². The number of fused-ring (bicyclic) bond motifs is 2. The highest BCUT2D eigenvalue weighted by molar-refractivity contribution is 6.24. The van der Waals surface area contributed by atoms with E-state index in [9.17, 15) is 14.4 Å². The number of amides is 2. The quantitative estimate of drug-likeness (QED) is 0.436. The monoisotopic (exact) mass is 498 g/mol. The Morgan fingerprint density at radius 1 is 0.946 bits per heavy atom. The fourth-order valence-electron chi connectivity index (χ4n) is 5.97. The van der Waals surface area contributed by atoms with Crippen molar-refractivity contribution in [1.82, 2.24) is 5.32 Å². The molecule has 3 aliphatic rings. The van der Waals surface area contributed by atoms with Gasteiger partial charge in [0.25, 0.3) is 0 Å². The van der Waals surface area contributed by atoms with Gasteiger partial charge in [-0.25, -0.2) is 9.69 Å². The molecule has 3 aromatic rings. The van der Waals surface area contributed by atoms with Crippen LogP contribution in [0.4, 0.5) is 5.69 Å². The molecule has 2 fully saturated rings. The number of carbonyl (C=O) groups excluding carboxylic acids is 3. The summed E-state index contributed by atoms with van der Waals surface area (Å²) in [5.41, 5.74) is 1.19. The Morgan fingerprint density at radius 3 is 2.38 bits per heavy atom. The van der Waals surface area contributed by atoms with Crippen molar-refractivity contribution in [2.24, 2.45) is 11.8 Å². The number of anilines is 1. The van der Waals surface area contributed by atoms with E-state index in [1.165, 1.54) is 12.0 Å². The van der Waals surface area contributed by atoms with Gasteiger partial charge >= 0.3 is 5.97 Å². The summed E-state index contributed by atoms with van der Waals surface area (Å²) in [6.07, 6.45) is 0. The van der Waals surface area contributed by atoms with Crippen LogP contribution in [0, 0.1) is 18.8 Å². The first kappa shape index (κ1) is 23.2. The van der Waals surface area contributed by atoms with Crippen molar-refractivity contribution in [2.45, 2.75) is 18.5 Å². The second-order valence-corrected chi connectivity index (χ2v) is 9.49. The molecule has 0 aliphatic carbocycles. The van der Waals surface area contributed by atoms with Crippen molar-refractivity contribution < 1.29 is 28.6 Å². The van der Waals surface area contributed by atoms with E-state index in [1.807, 2.05) is 37.3 Å². The number of hydrogen-bond acceptors (Lipinski definition) is 7. The third-order valence-corrected chi connectivity index (χ3v) is 7.60. The molecule has 8 nitrogen and oxygen atoms in total. The molecule has 2 saturated heterocycles. The molecule has 2 amide bonds. The summed E-state index contributed by atoms with van der Waals surface area (Å²) in [5.74, 6) is -2.29. The zero-order valence-corrected chi connectivity index (χ0v) is 20.5. The minimum atomic E-state index is -1.55. The third kappa shape index (κ3) is 3.36. The molecular formula is C29H26N2O6. The number of benzene rings is 3. The van der Waals surface area contributed by atoms with E-state index in [-0.39, 0.29) is 5.91 Å². The minimum absolute atomic E-state index is 0.377. The lowest BCUT2D eigenvalue weighted by Crippen LogP contribution is -2.53. The smallest absolute Gasteiger partial charge is 0.331 e. The second-order valence-electron chi connectivity index (χ2n) is 9.49. The lowest BCUT2D eigenvalue weighted by molar-refractivity contribution is -0.152. The van der Waals surface area contributed by atoms with Crippen LogP contribution >= 0.6 is 0 Å². The molecule has 0 radical (unpaired) electrons. The van der Waals surface area contributed by atoms with Gasteiger partial charge in [-0.1, -0.05) is 54.6 Å². The van der Waals surface area contributed by atoms with Crippen LogP contribution in [-0.4, -0.2) is 38.1 Å². The number of aryl methyl sites for hydroxylation is 1. The number of imide groups is 1. The molecule has 3 aromatic carbocycles. The molecule has 8 heteroatoms. The van der Waals surface area contributed by atoms with Gasteiger partial charge < -0.3 is 14.2 Å². The van der Waals surface area contributed by atoms with Crippen molar-refractivity contribution in [1.29, 1.82) is 0 Å². The van der Waals surface area contributed by atoms with E-state index in [2.05, 4.69) is 5.32 Å². The maximum absolute atomic E-state index is 14.2. The molecule has 3 heterocycles. The summed E-state index contributed by atoms with van der Waals surface area (Å²) in [7, 11) is 1.30. The van der Waals surface area contributed by atoms with Crippen LogP contribution in [0.2, 0.25) is 0 Å². The molecule has 0 spiro atoms. The Morgan fingerprint density at radius 2 is 1.65 bits per heavy atom. The first-order valence-corrected chi connectivity index (χ1v) is 12.2. The fourth-order valence-corrected chi connectivity index (χ4v) is 5.97. The Kier molecular flexibility index (Phi) is 5.49. The molecular weight excluding hydrogens is 472 g/mol. The van der Waals surface area contributed by atoms with Gasteiger partial charge in [0.2, 0.25) is 11.8 Å². The summed E-state index contributed by atoms with van der Waals surface area (Å²) in [4.78, 5) is 43.2. The van der Waals surface area contributed by atoms with E-state index in [4.69, 9.17) is 14.2 Å². The molecule has 188 valence electrons. The number of rotatable bonds is 4. The summed E-state index contributed by atoms with van der Waals surface area (Å²) in [6.45, 7) is 2.76. The first-order chi connectivity index (χ1) is 18.0. The Labute approximate surface area is 214 Å². The Hall–Kier alpha value is -4.17. The van der Waals surface area contributed by atoms with Crippen LogP contribution in [0.5, 0.6) is 11.5 Å². The Bertz CT molecular complexity index is 1410. The summed E-state index contributed by atoms with van der Waals surface area (Å²) in [6, 6.07) is 21.1. The van der Waals surface area contributed by atoms with E-state index in [1.54, 1.807) is 42.5 Å². The average Bonchev–Trinajstić information content (AvgIpc) is 3.42. The van der Waals surface area contributed by atoms with Gasteiger partial charge in [-0.2, -0.15) is 0 Å². The molecule has 37 heavy (non-hydrogen) atoms. The molecule has 3 aliphatic heterocycles. The third-order valence-electron chi connectivity index (χ3n) is 7.60. The van der Waals surface area contributed by atoms with Crippen LogP contribution in [0.25, 0.3) is 0 Å². The molecule has 0 unspecified atom stereocenters. The normalized spacial score (nSPS) is 26.2. The molecule has 6 rings (SSSR count). The van der Waals surface area contributed by atoms with E-state index in [0.29, 0.717) is 36.0 Å². The number of esters is 1. The van der Waals surface area contributed by atoms with Gasteiger partial charge in [-0.15, -0.1) is 0 Å². The van der Waals surface area contributed by atoms with Crippen molar-refractivity contribution in [3.8, 4) is 11.5 Å². The van der Waals surface area contributed by atoms with E-state index >= 15 is 0 Å². The van der Waals surface area contributed by atoms with Crippen molar-refractivity contribution >= 4 is 23.5 Å². The molecule has 1 N–H and O–H groups in total. The Balaban J connectivity index is 1.54. The lowest BCUT2D eigenvalue weighted by Gasteiger charge is -2.33.